The summed E-state index contributed by atoms with van der Waals surface area (Å²) in [5.74, 6) is 3.15. The number of carboxylic acid groups (broad SMARTS) is 1. The highest BCUT2D eigenvalue weighted by molar-refractivity contribution is 5.90. The van der Waals surface area contributed by atoms with Gasteiger partial charge in [0.15, 0.2) is 0 Å². The van der Waals surface area contributed by atoms with Crippen molar-refractivity contribution in [3.8, 4) is 0 Å². The summed E-state index contributed by atoms with van der Waals surface area (Å²) in [6, 6.07) is 0.238. The van der Waals surface area contributed by atoms with Crippen molar-refractivity contribution in [2.24, 2.45) is 51.8 Å². The van der Waals surface area contributed by atoms with Gasteiger partial charge in [0.25, 0.3) is 0 Å². The summed E-state index contributed by atoms with van der Waals surface area (Å²) in [6.45, 7) is 16.5. The Morgan fingerprint density at radius 2 is 1.91 bits per heavy atom. The standard InChI is InChI=1S/C28H45NO3/c1-16(8-11-24(31)32)18-9-10-19-25-17(2)14-22-28(7,20(25)12-13-27(18,19)6)21(26(3,4)5)15-23(30)29-22/h15-20,22,25H,8-14H2,1-7H3,(H,29,30)(H,31,32)/t16-,17?,18-,19+,20+,22-,25+,27-,28+/m1/s1. The van der Waals surface area contributed by atoms with E-state index in [2.05, 4.69) is 53.8 Å². The quantitative estimate of drug-likeness (QED) is 0.555. The van der Waals surface area contributed by atoms with Gasteiger partial charge in [0.05, 0.1) is 0 Å². The summed E-state index contributed by atoms with van der Waals surface area (Å²) in [5, 5.41) is 12.6. The van der Waals surface area contributed by atoms with Crippen LogP contribution in [0.15, 0.2) is 11.6 Å². The summed E-state index contributed by atoms with van der Waals surface area (Å²) < 4.78 is 0. The van der Waals surface area contributed by atoms with Crippen LogP contribution >= 0.6 is 0 Å². The van der Waals surface area contributed by atoms with Crippen LogP contribution in [0.25, 0.3) is 0 Å². The Morgan fingerprint density at radius 1 is 1.22 bits per heavy atom. The zero-order chi connectivity index (χ0) is 23.6. The van der Waals surface area contributed by atoms with E-state index in [-0.39, 0.29) is 22.8 Å². The third kappa shape index (κ3) is 3.55. The van der Waals surface area contributed by atoms with Crippen LogP contribution in [-0.2, 0) is 9.59 Å². The van der Waals surface area contributed by atoms with Gasteiger partial charge in [-0.25, -0.2) is 0 Å². The van der Waals surface area contributed by atoms with E-state index in [0.29, 0.717) is 47.3 Å². The number of hydrogen-bond donors (Lipinski definition) is 2. The van der Waals surface area contributed by atoms with Crippen LogP contribution in [0, 0.1) is 51.8 Å². The lowest BCUT2D eigenvalue weighted by atomic mass is 9.42. The molecule has 4 nitrogen and oxygen atoms in total. The molecular formula is C28H45NO3. The molecule has 32 heavy (non-hydrogen) atoms. The Hall–Kier alpha value is -1.32. The molecule has 9 atom stereocenters. The lowest BCUT2D eigenvalue weighted by Crippen LogP contribution is -2.64. The second-order valence-electron chi connectivity index (χ2n) is 13.3. The predicted octanol–water partition coefficient (Wildman–Crippen LogP) is 6.06. The summed E-state index contributed by atoms with van der Waals surface area (Å²) in [5.41, 5.74) is 1.69. The van der Waals surface area contributed by atoms with Gasteiger partial charge in [-0.3, -0.25) is 9.59 Å². The normalized spacial score (nSPS) is 44.6. The molecule has 2 N–H and O–H groups in total. The van der Waals surface area contributed by atoms with E-state index in [9.17, 15) is 14.7 Å². The van der Waals surface area contributed by atoms with Crippen molar-refractivity contribution in [2.75, 3.05) is 0 Å². The van der Waals surface area contributed by atoms with Gasteiger partial charge in [-0.1, -0.05) is 54.0 Å². The van der Waals surface area contributed by atoms with Crippen molar-refractivity contribution in [1.82, 2.24) is 5.32 Å². The second-order valence-corrected chi connectivity index (χ2v) is 13.3. The molecule has 1 unspecified atom stereocenters. The van der Waals surface area contributed by atoms with Crippen molar-refractivity contribution in [1.29, 1.82) is 0 Å². The second kappa shape index (κ2) is 7.87. The average molecular weight is 444 g/mol. The number of nitrogens with one attached hydrogen (secondary N) is 1. The maximum absolute atomic E-state index is 12.6. The number of amides is 1. The van der Waals surface area contributed by atoms with Crippen molar-refractivity contribution in [3.63, 3.8) is 0 Å². The Morgan fingerprint density at radius 3 is 2.53 bits per heavy atom. The van der Waals surface area contributed by atoms with E-state index in [1.165, 1.54) is 31.3 Å². The van der Waals surface area contributed by atoms with Crippen molar-refractivity contribution >= 4 is 11.9 Å². The first-order valence-corrected chi connectivity index (χ1v) is 13.0. The highest BCUT2D eigenvalue weighted by Gasteiger charge is 2.64. The number of carbonyl (C=O) groups is 2. The molecule has 0 radical (unpaired) electrons. The van der Waals surface area contributed by atoms with Crippen molar-refractivity contribution in [3.05, 3.63) is 11.6 Å². The Labute approximate surface area is 195 Å². The molecule has 0 aromatic heterocycles. The predicted molar refractivity (Wildman–Crippen MR) is 128 cm³/mol. The van der Waals surface area contributed by atoms with Gasteiger partial charge in [0.2, 0.25) is 5.91 Å². The fraction of sp³-hybridized carbons (Fsp3) is 0.857. The fourth-order valence-electron chi connectivity index (χ4n) is 9.37. The molecule has 0 bridgehead atoms. The molecular weight excluding hydrogens is 398 g/mol. The van der Waals surface area contributed by atoms with Crippen LogP contribution in [0.3, 0.4) is 0 Å². The largest absolute Gasteiger partial charge is 0.481 e. The molecule has 4 heteroatoms. The van der Waals surface area contributed by atoms with Crippen LogP contribution in [0.2, 0.25) is 0 Å². The number of hydrogen-bond acceptors (Lipinski definition) is 2. The number of aliphatic carboxylic acids is 1. The summed E-state index contributed by atoms with van der Waals surface area (Å²) in [6.07, 6.45) is 9.09. The van der Waals surface area contributed by atoms with Crippen LogP contribution in [0.4, 0.5) is 0 Å². The molecule has 0 saturated heterocycles. The van der Waals surface area contributed by atoms with Gasteiger partial charge in [0, 0.05) is 24.0 Å². The third-order valence-corrected chi connectivity index (χ3v) is 10.6. The van der Waals surface area contributed by atoms with Crippen molar-refractivity contribution in [2.45, 2.75) is 99.5 Å². The topological polar surface area (TPSA) is 66.4 Å². The van der Waals surface area contributed by atoms with Gasteiger partial charge < -0.3 is 10.4 Å². The molecule has 0 aromatic rings. The summed E-state index contributed by atoms with van der Waals surface area (Å²) in [7, 11) is 0. The minimum Gasteiger partial charge on any atom is -0.481 e. The fourth-order valence-corrected chi connectivity index (χ4v) is 9.37. The zero-order valence-corrected chi connectivity index (χ0v) is 21.3. The van der Waals surface area contributed by atoms with Gasteiger partial charge in [-0.15, -0.1) is 0 Å². The minimum atomic E-state index is -0.666. The maximum Gasteiger partial charge on any atom is 0.303 e. The third-order valence-electron chi connectivity index (χ3n) is 10.6. The maximum atomic E-state index is 12.6. The van der Waals surface area contributed by atoms with Gasteiger partial charge in [-0.05, 0) is 84.9 Å². The van der Waals surface area contributed by atoms with Gasteiger partial charge in [0.1, 0.15) is 0 Å². The molecule has 1 aliphatic heterocycles. The van der Waals surface area contributed by atoms with Crippen LogP contribution in [0.1, 0.15) is 93.4 Å². The molecule has 3 saturated carbocycles. The SMILES string of the molecule is CC1C[C@H]2NC(=O)C=C(C(C)(C)C)[C@]2(C)[C@H]2CC[C@]3(C)[C@@H]([C@H](C)CCC(=O)O)CC[C@H]3[C@H]12. The summed E-state index contributed by atoms with van der Waals surface area (Å²) >= 11 is 0. The average Bonchev–Trinajstić information content (AvgIpc) is 3.03. The molecule has 0 spiro atoms. The number of rotatable bonds is 4. The highest BCUT2D eigenvalue weighted by atomic mass is 16.4. The van der Waals surface area contributed by atoms with E-state index in [4.69, 9.17) is 0 Å². The number of fused-ring (bicyclic) bond motifs is 5. The molecule has 1 amide bonds. The lowest BCUT2D eigenvalue weighted by Gasteiger charge is -2.64. The Kier molecular flexibility index (Phi) is 5.86. The number of carbonyl (C=O) groups excluding carboxylic acids is 1. The first-order chi connectivity index (χ1) is 14.8. The van der Waals surface area contributed by atoms with E-state index in [1.807, 2.05) is 6.08 Å². The van der Waals surface area contributed by atoms with Crippen LogP contribution in [-0.4, -0.2) is 23.0 Å². The molecule has 180 valence electrons. The van der Waals surface area contributed by atoms with Gasteiger partial charge in [-0.2, -0.15) is 0 Å². The zero-order valence-electron chi connectivity index (χ0n) is 21.3. The smallest absolute Gasteiger partial charge is 0.303 e. The monoisotopic (exact) mass is 443 g/mol. The molecule has 4 rings (SSSR count). The summed E-state index contributed by atoms with van der Waals surface area (Å²) in [4.78, 5) is 23.8. The molecule has 3 aliphatic carbocycles. The molecule has 4 aliphatic rings. The molecule has 3 fully saturated rings. The van der Waals surface area contributed by atoms with Gasteiger partial charge >= 0.3 is 5.97 Å². The Balaban J connectivity index is 1.67. The highest BCUT2D eigenvalue weighted by Crippen LogP contribution is 2.69. The van der Waals surface area contributed by atoms with E-state index < -0.39 is 5.97 Å². The van der Waals surface area contributed by atoms with Crippen molar-refractivity contribution < 1.29 is 14.7 Å². The minimum absolute atomic E-state index is 0.0137. The first kappa shape index (κ1) is 23.8. The Bertz CT molecular complexity index is 810. The van der Waals surface area contributed by atoms with E-state index in [1.54, 1.807) is 0 Å². The molecule has 0 aromatic carbocycles. The van der Waals surface area contributed by atoms with Crippen LogP contribution in [0.5, 0.6) is 0 Å². The molecule has 1 heterocycles. The lowest BCUT2D eigenvalue weighted by molar-refractivity contribution is -0.137. The first-order valence-electron chi connectivity index (χ1n) is 13.0. The van der Waals surface area contributed by atoms with Crippen LogP contribution < -0.4 is 5.32 Å². The van der Waals surface area contributed by atoms with E-state index >= 15 is 0 Å². The number of carboxylic acids is 1. The van der Waals surface area contributed by atoms with E-state index in [0.717, 1.165) is 12.8 Å².